The molecule has 4 heteroatoms. The predicted octanol–water partition coefficient (Wildman–Crippen LogP) is 2.79. The minimum absolute atomic E-state index is 0.236. The molecule has 2 aliphatic heterocycles. The second kappa shape index (κ2) is 7.28. The molecule has 2 heterocycles. The van der Waals surface area contributed by atoms with Crippen LogP contribution < -0.4 is 9.80 Å². The number of hydrogen-bond donors (Lipinski definition) is 0. The molecule has 130 valence electrons. The first-order valence-electron chi connectivity index (χ1n) is 9.22. The molecular formula is C21H25N3O. The number of piperazine rings is 1. The van der Waals surface area contributed by atoms with Crippen molar-refractivity contribution in [1.29, 1.82) is 0 Å². The van der Waals surface area contributed by atoms with Gasteiger partial charge in [0.05, 0.1) is 6.54 Å². The Balaban J connectivity index is 1.35. The molecule has 2 aromatic carbocycles. The van der Waals surface area contributed by atoms with Crippen LogP contribution in [0.2, 0.25) is 0 Å². The fraction of sp³-hybridized carbons (Fsp3) is 0.381. The Morgan fingerprint density at radius 3 is 2.36 bits per heavy atom. The molecule has 0 atom stereocenters. The number of benzene rings is 2. The van der Waals surface area contributed by atoms with Crippen LogP contribution in [0.3, 0.4) is 0 Å². The van der Waals surface area contributed by atoms with E-state index in [-0.39, 0.29) is 5.91 Å². The van der Waals surface area contributed by atoms with E-state index in [1.807, 2.05) is 11.0 Å². The Hall–Kier alpha value is -2.33. The van der Waals surface area contributed by atoms with E-state index in [1.165, 1.54) is 11.3 Å². The molecule has 0 saturated carbocycles. The first kappa shape index (κ1) is 16.2. The van der Waals surface area contributed by atoms with Gasteiger partial charge in [-0.2, -0.15) is 0 Å². The average molecular weight is 335 g/mol. The van der Waals surface area contributed by atoms with Crippen molar-refractivity contribution in [2.75, 3.05) is 49.1 Å². The lowest BCUT2D eigenvalue weighted by Crippen LogP contribution is -2.50. The zero-order valence-corrected chi connectivity index (χ0v) is 14.6. The Morgan fingerprint density at radius 2 is 1.56 bits per heavy atom. The summed E-state index contributed by atoms with van der Waals surface area (Å²) in [6, 6.07) is 18.9. The van der Waals surface area contributed by atoms with Gasteiger partial charge < -0.3 is 9.80 Å². The van der Waals surface area contributed by atoms with Gasteiger partial charge in [-0.05, 0) is 36.6 Å². The van der Waals surface area contributed by atoms with Gasteiger partial charge in [0.25, 0.3) is 0 Å². The maximum atomic E-state index is 12.9. The molecule has 0 aliphatic carbocycles. The van der Waals surface area contributed by atoms with Crippen LogP contribution in [-0.2, 0) is 11.2 Å². The van der Waals surface area contributed by atoms with Crippen LogP contribution in [0.4, 0.5) is 11.4 Å². The Labute approximate surface area is 149 Å². The highest BCUT2D eigenvalue weighted by Gasteiger charge is 2.25. The van der Waals surface area contributed by atoms with Gasteiger partial charge in [-0.15, -0.1) is 0 Å². The fourth-order valence-corrected chi connectivity index (χ4v) is 3.87. The third kappa shape index (κ3) is 3.54. The maximum absolute atomic E-state index is 12.9. The third-order valence-electron chi connectivity index (χ3n) is 5.26. The molecule has 2 aliphatic rings. The van der Waals surface area contributed by atoms with Crippen LogP contribution in [0.5, 0.6) is 0 Å². The molecule has 25 heavy (non-hydrogen) atoms. The first-order valence-corrected chi connectivity index (χ1v) is 9.22. The van der Waals surface area contributed by atoms with Crippen molar-refractivity contribution < 1.29 is 4.79 Å². The number of aryl methyl sites for hydroxylation is 1. The van der Waals surface area contributed by atoms with E-state index in [0.717, 1.165) is 51.3 Å². The minimum Gasteiger partial charge on any atom is -0.369 e. The lowest BCUT2D eigenvalue weighted by atomic mass is 10.0. The standard InChI is InChI=1S/C21H25N3O/c25-21(24-12-6-8-18-7-4-5-11-20(18)24)17-22-13-15-23(16-14-22)19-9-2-1-3-10-19/h1-5,7,9-11H,6,8,12-17H2. The average Bonchev–Trinajstić information content (AvgIpc) is 2.69. The molecule has 0 bridgehead atoms. The predicted molar refractivity (Wildman–Crippen MR) is 102 cm³/mol. The molecular weight excluding hydrogens is 310 g/mol. The highest BCUT2D eigenvalue weighted by Crippen LogP contribution is 2.27. The third-order valence-corrected chi connectivity index (χ3v) is 5.26. The number of anilines is 2. The zero-order valence-electron chi connectivity index (χ0n) is 14.6. The second-order valence-electron chi connectivity index (χ2n) is 6.88. The van der Waals surface area contributed by atoms with E-state index in [9.17, 15) is 4.79 Å². The Morgan fingerprint density at radius 1 is 0.840 bits per heavy atom. The van der Waals surface area contributed by atoms with Crippen molar-refractivity contribution in [3.63, 3.8) is 0 Å². The summed E-state index contributed by atoms with van der Waals surface area (Å²) in [4.78, 5) is 19.5. The van der Waals surface area contributed by atoms with Gasteiger partial charge in [0, 0.05) is 44.1 Å². The van der Waals surface area contributed by atoms with Crippen molar-refractivity contribution in [2.24, 2.45) is 0 Å². The molecule has 4 nitrogen and oxygen atoms in total. The second-order valence-corrected chi connectivity index (χ2v) is 6.88. The molecule has 1 saturated heterocycles. The molecule has 4 rings (SSSR count). The summed E-state index contributed by atoms with van der Waals surface area (Å²) in [6.45, 7) is 5.21. The topological polar surface area (TPSA) is 26.8 Å². The van der Waals surface area contributed by atoms with Crippen LogP contribution >= 0.6 is 0 Å². The highest BCUT2D eigenvalue weighted by atomic mass is 16.2. The summed E-state index contributed by atoms with van der Waals surface area (Å²) in [5.41, 5.74) is 3.69. The van der Waals surface area contributed by atoms with Crippen molar-refractivity contribution in [3.8, 4) is 0 Å². The summed E-state index contributed by atoms with van der Waals surface area (Å²) >= 11 is 0. The number of rotatable bonds is 3. The van der Waals surface area contributed by atoms with Crippen LogP contribution in [-0.4, -0.2) is 50.1 Å². The van der Waals surface area contributed by atoms with Crippen molar-refractivity contribution in [3.05, 3.63) is 60.2 Å². The summed E-state index contributed by atoms with van der Waals surface area (Å²) in [7, 11) is 0. The molecule has 2 aromatic rings. The van der Waals surface area contributed by atoms with Gasteiger partial charge in [-0.1, -0.05) is 36.4 Å². The van der Waals surface area contributed by atoms with Crippen molar-refractivity contribution >= 4 is 17.3 Å². The van der Waals surface area contributed by atoms with Crippen molar-refractivity contribution in [2.45, 2.75) is 12.8 Å². The summed E-state index contributed by atoms with van der Waals surface area (Å²) < 4.78 is 0. The van der Waals surface area contributed by atoms with Crippen LogP contribution in [0.15, 0.2) is 54.6 Å². The number of amides is 1. The molecule has 1 fully saturated rings. The van der Waals surface area contributed by atoms with Crippen LogP contribution in [0, 0.1) is 0 Å². The number of carbonyl (C=O) groups excluding carboxylic acids is 1. The molecule has 1 amide bonds. The Bertz CT molecular complexity index is 723. The van der Waals surface area contributed by atoms with E-state index < -0.39 is 0 Å². The molecule has 0 radical (unpaired) electrons. The first-order chi connectivity index (χ1) is 12.3. The van der Waals surface area contributed by atoms with Crippen LogP contribution in [0.1, 0.15) is 12.0 Å². The van der Waals surface area contributed by atoms with Gasteiger partial charge in [-0.25, -0.2) is 0 Å². The van der Waals surface area contributed by atoms with Gasteiger partial charge >= 0.3 is 0 Å². The van der Waals surface area contributed by atoms with Crippen LogP contribution in [0.25, 0.3) is 0 Å². The van der Waals surface area contributed by atoms with E-state index in [4.69, 9.17) is 0 Å². The van der Waals surface area contributed by atoms with E-state index in [0.29, 0.717) is 6.54 Å². The fourth-order valence-electron chi connectivity index (χ4n) is 3.87. The monoisotopic (exact) mass is 335 g/mol. The largest absolute Gasteiger partial charge is 0.369 e. The molecule has 0 spiro atoms. The zero-order chi connectivity index (χ0) is 17.1. The summed E-state index contributed by atoms with van der Waals surface area (Å²) in [6.07, 6.45) is 2.14. The maximum Gasteiger partial charge on any atom is 0.241 e. The highest BCUT2D eigenvalue weighted by molar-refractivity contribution is 5.96. The summed E-state index contributed by atoms with van der Waals surface area (Å²) in [5, 5.41) is 0. The van der Waals surface area contributed by atoms with E-state index in [2.05, 4.69) is 58.3 Å². The Kier molecular flexibility index (Phi) is 4.70. The number of fused-ring (bicyclic) bond motifs is 1. The smallest absolute Gasteiger partial charge is 0.241 e. The molecule has 0 aromatic heterocycles. The van der Waals surface area contributed by atoms with Gasteiger partial charge in [0.15, 0.2) is 0 Å². The van der Waals surface area contributed by atoms with Gasteiger partial charge in [0.2, 0.25) is 5.91 Å². The lowest BCUT2D eigenvalue weighted by molar-refractivity contribution is -0.119. The molecule has 0 N–H and O–H groups in total. The number of carbonyl (C=O) groups is 1. The van der Waals surface area contributed by atoms with E-state index in [1.54, 1.807) is 0 Å². The van der Waals surface area contributed by atoms with E-state index >= 15 is 0 Å². The van der Waals surface area contributed by atoms with Crippen molar-refractivity contribution in [1.82, 2.24) is 4.90 Å². The molecule has 0 unspecified atom stereocenters. The van der Waals surface area contributed by atoms with Gasteiger partial charge in [0.1, 0.15) is 0 Å². The van der Waals surface area contributed by atoms with Gasteiger partial charge in [-0.3, -0.25) is 9.69 Å². The quantitative estimate of drug-likeness (QED) is 0.863. The minimum atomic E-state index is 0.236. The number of para-hydroxylation sites is 2. The lowest BCUT2D eigenvalue weighted by Gasteiger charge is -2.37. The summed E-state index contributed by atoms with van der Waals surface area (Å²) in [5.74, 6) is 0.236. The number of hydrogen-bond acceptors (Lipinski definition) is 3. The normalized spacial score (nSPS) is 18.1. The SMILES string of the molecule is O=C(CN1CCN(c2ccccc2)CC1)N1CCCc2ccccc21. The number of nitrogens with zero attached hydrogens (tertiary/aromatic N) is 3.